The zero-order valence-electron chi connectivity index (χ0n) is 16.4. The van der Waals surface area contributed by atoms with Crippen LogP contribution < -0.4 is 24.8 Å². The largest absolute Gasteiger partial charge is 0.496 e. The van der Waals surface area contributed by atoms with Crippen molar-refractivity contribution in [3.8, 4) is 17.2 Å². The average molecular weight is 477 g/mol. The van der Waals surface area contributed by atoms with E-state index in [0.717, 1.165) is 23.2 Å². The average Bonchev–Trinajstić information content (AvgIpc) is 2.65. The summed E-state index contributed by atoms with van der Waals surface area (Å²) in [7, 11) is 6.70. The number of hydrogen-bond donors (Lipinski definition) is 2. The number of halogens is 1. The number of methoxy groups -OCH3 is 3. The Balaban J connectivity index is 0.00000338. The maximum Gasteiger partial charge on any atom is 0.191 e. The van der Waals surface area contributed by atoms with Gasteiger partial charge in [0.15, 0.2) is 17.5 Å². The highest BCUT2D eigenvalue weighted by Crippen LogP contribution is 2.34. The van der Waals surface area contributed by atoms with E-state index < -0.39 is 0 Å². The van der Waals surface area contributed by atoms with E-state index in [1.807, 2.05) is 12.1 Å². The first-order valence-corrected chi connectivity index (χ1v) is 8.87. The molecule has 26 heavy (non-hydrogen) atoms. The first-order valence-electron chi connectivity index (χ1n) is 8.87. The van der Waals surface area contributed by atoms with Crippen LogP contribution in [0.5, 0.6) is 17.2 Å². The fourth-order valence-electron chi connectivity index (χ4n) is 3.20. The third kappa shape index (κ3) is 6.10. The van der Waals surface area contributed by atoms with Crippen LogP contribution >= 0.6 is 24.0 Å². The molecule has 0 aromatic heterocycles. The zero-order valence-corrected chi connectivity index (χ0v) is 18.8. The summed E-state index contributed by atoms with van der Waals surface area (Å²) in [6.45, 7) is 2.92. The fraction of sp³-hybridized carbons (Fsp3) is 0.632. The van der Waals surface area contributed by atoms with E-state index in [4.69, 9.17) is 14.2 Å². The van der Waals surface area contributed by atoms with Crippen molar-refractivity contribution in [2.24, 2.45) is 10.9 Å². The number of ether oxygens (including phenoxy) is 3. The molecule has 1 saturated carbocycles. The Hall–Kier alpha value is -1.38. The van der Waals surface area contributed by atoms with E-state index in [1.54, 1.807) is 28.4 Å². The van der Waals surface area contributed by atoms with Crippen molar-refractivity contribution >= 4 is 29.9 Å². The second-order valence-corrected chi connectivity index (χ2v) is 6.55. The van der Waals surface area contributed by atoms with Crippen LogP contribution in [0.15, 0.2) is 17.1 Å². The van der Waals surface area contributed by atoms with Gasteiger partial charge in [-0.05, 0) is 37.7 Å². The highest BCUT2D eigenvalue weighted by Gasteiger charge is 2.19. The number of guanidine groups is 1. The number of hydrogen-bond acceptors (Lipinski definition) is 4. The van der Waals surface area contributed by atoms with Gasteiger partial charge in [0.25, 0.3) is 0 Å². The summed E-state index contributed by atoms with van der Waals surface area (Å²) in [6, 6.07) is 4.27. The molecule has 148 valence electrons. The minimum Gasteiger partial charge on any atom is -0.496 e. The first-order chi connectivity index (χ1) is 12.1. The Kier molecular flexibility index (Phi) is 9.90. The fourth-order valence-corrected chi connectivity index (χ4v) is 3.20. The third-order valence-electron chi connectivity index (χ3n) is 4.81. The van der Waals surface area contributed by atoms with Crippen LogP contribution in [0.2, 0.25) is 0 Å². The van der Waals surface area contributed by atoms with Crippen molar-refractivity contribution < 1.29 is 14.2 Å². The highest BCUT2D eigenvalue weighted by atomic mass is 127. The Morgan fingerprint density at radius 2 is 1.58 bits per heavy atom. The maximum absolute atomic E-state index is 5.48. The van der Waals surface area contributed by atoms with Crippen LogP contribution in [0, 0.1) is 5.92 Å². The minimum atomic E-state index is 0. The second kappa shape index (κ2) is 11.4. The lowest BCUT2D eigenvalue weighted by molar-refractivity contribution is 0.329. The molecule has 0 unspecified atom stereocenters. The molecular weight excluding hydrogens is 445 g/mol. The van der Waals surface area contributed by atoms with Gasteiger partial charge in [-0.1, -0.05) is 6.92 Å². The second-order valence-electron chi connectivity index (χ2n) is 6.55. The molecule has 1 aliphatic rings. The van der Waals surface area contributed by atoms with Gasteiger partial charge in [-0.2, -0.15) is 0 Å². The topological polar surface area (TPSA) is 64.1 Å². The molecule has 2 rings (SSSR count). The summed E-state index contributed by atoms with van der Waals surface area (Å²) in [5.74, 6) is 3.75. The van der Waals surface area contributed by atoms with Crippen LogP contribution in [0.1, 0.15) is 38.2 Å². The van der Waals surface area contributed by atoms with Crippen molar-refractivity contribution in [2.45, 2.75) is 45.2 Å². The molecule has 1 aliphatic carbocycles. The molecule has 0 amide bonds. The lowest BCUT2D eigenvalue weighted by Crippen LogP contribution is -2.44. The summed E-state index contributed by atoms with van der Waals surface area (Å²) in [4.78, 5) is 4.35. The molecule has 0 spiro atoms. The summed E-state index contributed by atoms with van der Waals surface area (Å²) in [6.07, 6.45) is 4.94. The predicted molar refractivity (Wildman–Crippen MR) is 116 cm³/mol. The SMILES string of the molecule is CN=C(NCc1cc(OC)c(OC)cc1OC)NC1CCC(C)CC1.I. The molecule has 2 N–H and O–H groups in total. The Morgan fingerprint density at radius 3 is 2.12 bits per heavy atom. The molecule has 6 nitrogen and oxygen atoms in total. The molecule has 0 saturated heterocycles. The smallest absolute Gasteiger partial charge is 0.191 e. The number of aliphatic imine (C=N–C) groups is 1. The molecule has 0 atom stereocenters. The molecule has 7 heteroatoms. The first kappa shape index (κ1) is 22.7. The summed E-state index contributed by atoms with van der Waals surface area (Å²) < 4.78 is 16.2. The van der Waals surface area contributed by atoms with Crippen LogP contribution in [-0.2, 0) is 6.54 Å². The van der Waals surface area contributed by atoms with Gasteiger partial charge in [0.2, 0.25) is 0 Å². The summed E-state index contributed by atoms with van der Waals surface area (Å²) >= 11 is 0. The van der Waals surface area contributed by atoms with Gasteiger partial charge in [-0.3, -0.25) is 4.99 Å². The number of benzene rings is 1. The van der Waals surface area contributed by atoms with Crippen LogP contribution in [0.25, 0.3) is 0 Å². The lowest BCUT2D eigenvalue weighted by atomic mass is 9.87. The molecule has 1 fully saturated rings. The molecule has 0 aliphatic heterocycles. The van der Waals surface area contributed by atoms with Crippen molar-refractivity contribution in [1.82, 2.24) is 10.6 Å². The summed E-state index contributed by atoms with van der Waals surface area (Å²) in [5.41, 5.74) is 0.986. The van der Waals surface area contributed by atoms with Crippen molar-refractivity contribution in [3.05, 3.63) is 17.7 Å². The minimum absolute atomic E-state index is 0. The van der Waals surface area contributed by atoms with Crippen LogP contribution in [0.3, 0.4) is 0 Å². The molecule has 0 radical (unpaired) electrons. The third-order valence-corrected chi connectivity index (χ3v) is 4.81. The van der Waals surface area contributed by atoms with E-state index in [2.05, 4.69) is 22.5 Å². The normalized spacial score (nSPS) is 20.0. The van der Waals surface area contributed by atoms with Crippen molar-refractivity contribution in [1.29, 1.82) is 0 Å². The molecule has 1 aromatic carbocycles. The monoisotopic (exact) mass is 477 g/mol. The molecule has 0 bridgehead atoms. The Bertz CT molecular complexity index is 588. The molecular formula is C19H32IN3O3. The maximum atomic E-state index is 5.48. The van der Waals surface area contributed by atoms with E-state index >= 15 is 0 Å². The number of nitrogens with one attached hydrogen (secondary N) is 2. The van der Waals surface area contributed by atoms with E-state index in [0.29, 0.717) is 24.1 Å². The predicted octanol–water partition coefficient (Wildman–Crippen LogP) is 3.57. The van der Waals surface area contributed by atoms with Gasteiger partial charge in [0.1, 0.15) is 5.75 Å². The van der Waals surface area contributed by atoms with Gasteiger partial charge >= 0.3 is 0 Å². The standard InChI is InChI=1S/C19H31N3O3.HI/c1-13-6-8-15(9-7-13)22-19(20-2)21-12-14-10-17(24-4)18(25-5)11-16(14)23-3;/h10-11,13,15H,6-9,12H2,1-5H3,(H2,20,21,22);1H. The number of rotatable bonds is 6. The van der Waals surface area contributed by atoms with E-state index in [9.17, 15) is 0 Å². The van der Waals surface area contributed by atoms with Crippen LogP contribution in [-0.4, -0.2) is 40.4 Å². The summed E-state index contributed by atoms with van der Waals surface area (Å²) in [5, 5.41) is 6.90. The molecule has 0 heterocycles. The zero-order chi connectivity index (χ0) is 18.2. The lowest BCUT2D eigenvalue weighted by Gasteiger charge is -2.28. The van der Waals surface area contributed by atoms with Gasteiger partial charge in [0.05, 0.1) is 21.3 Å². The van der Waals surface area contributed by atoms with Gasteiger partial charge in [-0.25, -0.2) is 0 Å². The van der Waals surface area contributed by atoms with Gasteiger partial charge in [-0.15, -0.1) is 24.0 Å². The Labute approximate surface area is 174 Å². The van der Waals surface area contributed by atoms with Crippen molar-refractivity contribution in [2.75, 3.05) is 28.4 Å². The van der Waals surface area contributed by atoms with E-state index in [1.165, 1.54) is 25.7 Å². The van der Waals surface area contributed by atoms with E-state index in [-0.39, 0.29) is 24.0 Å². The molecule has 1 aromatic rings. The quantitative estimate of drug-likeness (QED) is 0.373. The highest BCUT2D eigenvalue weighted by molar-refractivity contribution is 14.0. The Morgan fingerprint density at radius 1 is 1.00 bits per heavy atom. The van der Waals surface area contributed by atoms with Crippen LogP contribution in [0.4, 0.5) is 0 Å². The van der Waals surface area contributed by atoms with Gasteiger partial charge < -0.3 is 24.8 Å². The number of nitrogens with zero attached hydrogens (tertiary/aromatic N) is 1. The van der Waals surface area contributed by atoms with Gasteiger partial charge in [0, 0.05) is 31.3 Å². The van der Waals surface area contributed by atoms with Crippen molar-refractivity contribution in [3.63, 3.8) is 0 Å².